The van der Waals surface area contributed by atoms with Crippen molar-refractivity contribution in [2.24, 2.45) is 0 Å². The third kappa shape index (κ3) is 4.89. The molecule has 0 saturated carbocycles. The van der Waals surface area contributed by atoms with E-state index in [1.807, 2.05) is 0 Å². The van der Waals surface area contributed by atoms with Crippen molar-refractivity contribution >= 4 is 29.8 Å². The fourth-order valence-electron chi connectivity index (χ4n) is 0.895. The Morgan fingerprint density at radius 1 is 1.27 bits per heavy atom. The Morgan fingerprint density at radius 3 is 2.27 bits per heavy atom. The molecular formula is C9H11Cl2O3P. The first-order valence-electron chi connectivity index (χ1n) is 4.32. The smallest absolute Gasteiger partial charge is 0.413 e. The van der Waals surface area contributed by atoms with Crippen molar-refractivity contribution < 1.29 is 13.6 Å². The monoisotopic (exact) mass is 268 g/mol. The van der Waals surface area contributed by atoms with Gasteiger partial charge in [-0.1, -0.05) is 11.6 Å². The number of benzene rings is 1. The maximum Gasteiger partial charge on any atom is 0.476 e. The van der Waals surface area contributed by atoms with Gasteiger partial charge in [0.15, 0.2) is 0 Å². The lowest BCUT2D eigenvalue weighted by molar-refractivity contribution is 0.220. The van der Waals surface area contributed by atoms with E-state index in [2.05, 4.69) is 0 Å². The molecular weight excluding hydrogens is 258 g/mol. The molecule has 84 valence electrons. The van der Waals surface area contributed by atoms with Crippen LogP contribution in [0.3, 0.4) is 0 Å². The first-order valence-corrected chi connectivity index (χ1v) is 7.15. The highest BCUT2D eigenvalue weighted by Gasteiger charge is 2.24. The van der Waals surface area contributed by atoms with E-state index in [0.717, 1.165) is 0 Å². The van der Waals surface area contributed by atoms with Gasteiger partial charge in [0, 0.05) is 16.3 Å². The Morgan fingerprint density at radius 2 is 1.80 bits per heavy atom. The molecule has 15 heavy (non-hydrogen) atoms. The van der Waals surface area contributed by atoms with Gasteiger partial charge in [-0.25, -0.2) is 4.57 Å². The van der Waals surface area contributed by atoms with E-state index in [1.165, 1.54) is 0 Å². The standard InChI is InChI=1S/C9H11Cl2O3P/c1-7(2)13-15(11,12)14-9-5-3-8(10)4-6-9/h3-7H,1-2H3. The summed E-state index contributed by atoms with van der Waals surface area (Å²) < 4.78 is 21.5. The summed E-state index contributed by atoms with van der Waals surface area (Å²) in [5.41, 5.74) is 0. The summed E-state index contributed by atoms with van der Waals surface area (Å²) in [4.78, 5) is 0. The maximum absolute atomic E-state index is 11.6. The Labute approximate surface area is 98.6 Å². The second-order valence-electron chi connectivity index (χ2n) is 3.13. The van der Waals surface area contributed by atoms with Crippen LogP contribution in [0.2, 0.25) is 5.02 Å². The second kappa shape index (κ2) is 5.22. The van der Waals surface area contributed by atoms with Crippen molar-refractivity contribution in [1.82, 2.24) is 0 Å². The highest BCUT2D eigenvalue weighted by molar-refractivity contribution is 7.81. The third-order valence-electron chi connectivity index (χ3n) is 1.36. The van der Waals surface area contributed by atoms with E-state index in [9.17, 15) is 4.57 Å². The first-order chi connectivity index (χ1) is 6.89. The summed E-state index contributed by atoms with van der Waals surface area (Å²) in [5.74, 6) is 0.360. The summed E-state index contributed by atoms with van der Waals surface area (Å²) in [5, 5.41) is 0.566. The zero-order chi connectivity index (χ0) is 11.5. The van der Waals surface area contributed by atoms with Crippen molar-refractivity contribution in [3.63, 3.8) is 0 Å². The highest BCUT2D eigenvalue weighted by Crippen LogP contribution is 2.54. The van der Waals surface area contributed by atoms with E-state index >= 15 is 0 Å². The minimum absolute atomic E-state index is 0.263. The van der Waals surface area contributed by atoms with Gasteiger partial charge >= 0.3 is 6.95 Å². The maximum atomic E-state index is 11.6. The molecule has 0 aliphatic heterocycles. The van der Waals surface area contributed by atoms with Crippen LogP contribution in [0.5, 0.6) is 5.75 Å². The molecule has 0 aromatic heterocycles. The van der Waals surface area contributed by atoms with E-state index in [4.69, 9.17) is 31.9 Å². The third-order valence-corrected chi connectivity index (χ3v) is 3.17. The van der Waals surface area contributed by atoms with Gasteiger partial charge in [0.2, 0.25) is 0 Å². The van der Waals surface area contributed by atoms with E-state index in [1.54, 1.807) is 38.1 Å². The van der Waals surface area contributed by atoms with Crippen molar-refractivity contribution in [3.8, 4) is 5.75 Å². The summed E-state index contributed by atoms with van der Waals surface area (Å²) in [6, 6.07) is 6.37. The molecule has 1 aromatic carbocycles. The van der Waals surface area contributed by atoms with Crippen LogP contribution in [0.4, 0.5) is 0 Å². The van der Waals surface area contributed by atoms with Gasteiger partial charge in [-0.2, -0.15) is 0 Å². The van der Waals surface area contributed by atoms with Crippen molar-refractivity contribution in [1.29, 1.82) is 0 Å². The zero-order valence-electron chi connectivity index (χ0n) is 8.31. The lowest BCUT2D eigenvalue weighted by Gasteiger charge is -2.14. The molecule has 3 nitrogen and oxygen atoms in total. The van der Waals surface area contributed by atoms with Gasteiger partial charge in [0.1, 0.15) is 5.75 Å². The fraction of sp³-hybridized carbons (Fsp3) is 0.333. The van der Waals surface area contributed by atoms with Crippen molar-refractivity contribution in [3.05, 3.63) is 29.3 Å². The molecule has 1 unspecified atom stereocenters. The molecule has 0 aliphatic carbocycles. The van der Waals surface area contributed by atoms with Gasteiger partial charge in [-0.05, 0) is 38.1 Å². The van der Waals surface area contributed by atoms with Gasteiger partial charge in [0.05, 0.1) is 6.10 Å². The fourth-order valence-corrected chi connectivity index (χ4v) is 2.66. The topological polar surface area (TPSA) is 35.5 Å². The molecule has 6 heteroatoms. The molecule has 0 saturated heterocycles. The van der Waals surface area contributed by atoms with Crippen LogP contribution in [0, 0.1) is 0 Å². The average molecular weight is 269 g/mol. The Kier molecular flexibility index (Phi) is 4.47. The predicted molar refractivity (Wildman–Crippen MR) is 61.8 cm³/mol. The second-order valence-corrected chi connectivity index (χ2v) is 6.06. The molecule has 0 spiro atoms. The lowest BCUT2D eigenvalue weighted by Crippen LogP contribution is -2.01. The van der Waals surface area contributed by atoms with Gasteiger partial charge in [-0.15, -0.1) is 0 Å². The molecule has 1 rings (SSSR count). The Hall–Kier alpha value is -0.210. The van der Waals surface area contributed by atoms with Crippen LogP contribution in [0.25, 0.3) is 0 Å². The number of hydrogen-bond acceptors (Lipinski definition) is 3. The van der Waals surface area contributed by atoms with Crippen molar-refractivity contribution in [2.45, 2.75) is 20.0 Å². The van der Waals surface area contributed by atoms with Crippen LogP contribution in [-0.4, -0.2) is 6.10 Å². The minimum Gasteiger partial charge on any atom is -0.413 e. The molecule has 0 amide bonds. The van der Waals surface area contributed by atoms with Gasteiger partial charge in [0.25, 0.3) is 0 Å². The Balaban J connectivity index is 2.69. The predicted octanol–water partition coefficient (Wildman–Crippen LogP) is 4.49. The van der Waals surface area contributed by atoms with E-state index in [0.29, 0.717) is 10.8 Å². The van der Waals surface area contributed by atoms with Crippen LogP contribution < -0.4 is 4.52 Å². The molecule has 0 bridgehead atoms. The zero-order valence-corrected chi connectivity index (χ0v) is 10.7. The lowest BCUT2D eigenvalue weighted by atomic mass is 10.3. The van der Waals surface area contributed by atoms with E-state index in [-0.39, 0.29) is 6.10 Å². The van der Waals surface area contributed by atoms with Crippen LogP contribution >= 0.6 is 29.8 Å². The van der Waals surface area contributed by atoms with Crippen molar-refractivity contribution in [2.75, 3.05) is 0 Å². The van der Waals surface area contributed by atoms with Crippen LogP contribution in [0.15, 0.2) is 24.3 Å². The summed E-state index contributed by atoms with van der Waals surface area (Å²) >= 11 is 11.3. The molecule has 1 atom stereocenters. The molecule has 0 N–H and O–H groups in total. The van der Waals surface area contributed by atoms with Crippen LogP contribution in [-0.2, 0) is 9.09 Å². The first kappa shape index (κ1) is 12.9. The summed E-state index contributed by atoms with van der Waals surface area (Å²) in [6.07, 6.45) is -0.263. The number of halogens is 2. The summed E-state index contributed by atoms with van der Waals surface area (Å²) in [7, 11) is 0. The van der Waals surface area contributed by atoms with E-state index < -0.39 is 6.95 Å². The molecule has 0 heterocycles. The highest BCUT2D eigenvalue weighted by atomic mass is 35.7. The molecule has 0 fully saturated rings. The SMILES string of the molecule is CC(C)OP(=O)(Cl)Oc1ccc(Cl)cc1. The normalized spacial score (nSPS) is 15.0. The molecule has 0 radical (unpaired) electrons. The van der Waals surface area contributed by atoms with Gasteiger partial charge in [-0.3, -0.25) is 4.52 Å². The molecule has 0 aliphatic rings. The quantitative estimate of drug-likeness (QED) is 0.755. The largest absolute Gasteiger partial charge is 0.476 e. The number of rotatable bonds is 4. The Bertz CT molecular complexity index is 364. The average Bonchev–Trinajstić information content (AvgIpc) is 2.06. The minimum atomic E-state index is -3.56. The summed E-state index contributed by atoms with van der Waals surface area (Å²) in [6.45, 7) is -0.112. The van der Waals surface area contributed by atoms with Crippen LogP contribution in [0.1, 0.15) is 13.8 Å². The molecule has 1 aromatic rings. The number of hydrogen-bond donors (Lipinski definition) is 0. The van der Waals surface area contributed by atoms with Gasteiger partial charge < -0.3 is 4.52 Å².